The van der Waals surface area contributed by atoms with Crippen molar-refractivity contribution in [2.24, 2.45) is 5.84 Å². The molecule has 1 aromatic heterocycles. The summed E-state index contributed by atoms with van der Waals surface area (Å²) in [5.74, 6) is 0.699. The summed E-state index contributed by atoms with van der Waals surface area (Å²) in [5, 5.41) is 8.67. The highest BCUT2D eigenvalue weighted by Gasteiger charge is 2.27. The smallest absolute Gasteiger partial charge is 0.267 e. The monoisotopic (exact) mass is 483 g/mol. The molecule has 4 N–H and O–H groups in total. The largest absolute Gasteiger partial charge is 0.495 e. The molecule has 0 bridgehead atoms. The molecule has 0 aliphatic rings. The van der Waals surface area contributed by atoms with Crippen LogP contribution in [0.25, 0.3) is 0 Å². The third-order valence-electron chi connectivity index (χ3n) is 4.41. The van der Waals surface area contributed by atoms with E-state index in [1.807, 2.05) is 0 Å². The molecule has 0 radical (unpaired) electrons. The number of rotatable bonds is 8. The van der Waals surface area contributed by atoms with Gasteiger partial charge in [0.1, 0.15) is 23.1 Å². The highest BCUT2D eigenvalue weighted by Crippen LogP contribution is 2.30. The number of nitrogens with two attached hydrogens (primary N) is 1. The van der Waals surface area contributed by atoms with Gasteiger partial charge in [0, 0.05) is 11.8 Å². The van der Waals surface area contributed by atoms with Gasteiger partial charge >= 0.3 is 0 Å². The van der Waals surface area contributed by atoms with Crippen LogP contribution in [0.15, 0.2) is 53.7 Å². The predicted molar refractivity (Wildman–Crippen MR) is 113 cm³/mol. The summed E-state index contributed by atoms with van der Waals surface area (Å²) in [6, 6.07) is 5.29. The lowest BCUT2D eigenvalue weighted by molar-refractivity contribution is 0.413. The van der Waals surface area contributed by atoms with Crippen LogP contribution in [0.2, 0.25) is 0 Å². The Morgan fingerprint density at radius 3 is 2.42 bits per heavy atom. The van der Waals surface area contributed by atoms with Gasteiger partial charge in [-0.15, -0.1) is 0 Å². The van der Waals surface area contributed by atoms with E-state index in [-0.39, 0.29) is 11.3 Å². The third kappa shape index (κ3) is 5.04. The Morgan fingerprint density at radius 2 is 1.79 bits per heavy atom. The number of methoxy groups -OCH3 is 1. The fourth-order valence-corrected chi connectivity index (χ4v) is 4.05. The molecule has 174 valence electrons. The molecular weight excluding hydrogens is 466 g/mol. The van der Waals surface area contributed by atoms with E-state index >= 15 is 4.39 Å². The number of hydrogen-bond acceptors (Lipinski definition) is 7. The number of pyridine rings is 1. The average Bonchev–Trinajstić information content (AvgIpc) is 2.75. The zero-order chi connectivity index (χ0) is 24.3. The van der Waals surface area contributed by atoms with Gasteiger partial charge in [-0.25, -0.2) is 31.8 Å². The number of nitrogens with zero attached hydrogens (tertiary/aromatic N) is 2. The van der Waals surface area contributed by atoms with Gasteiger partial charge in [-0.2, -0.15) is 0 Å². The van der Waals surface area contributed by atoms with Crippen molar-refractivity contribution in [3.63, 3.8) is 0 Å². The molecule has 0 aliphatic heterocycles. The van der Waals surface area contributed by atoms with Crippen molar-refractivity contribution in [1.82, 2.24) is 4.98 Å². The van der Waals surface area contributed by atoms with Crippen molar-refractivity contribution in [2.45, 2.75) is 4.90 Å². The molecule has 8 nitrogen and oxygen atoms in total. The number of ether oxygens (including phenoxy) is 1. The number of hydrazine groups is 1. The van der Waals surface area contributed by atoms with Crippen LogP contribution in [0.4, 0.5) is 28.9 Å². The van der Waals surface area contributed by atoms with Crippen molar-refractivity contribution in [2.75, 3.05) is 23.4 Å². The predicted octanol–water partition coefficient (Wildman–Crippen LogP) is 3.20. The van der Waals surface area contributed by atoms with Crippen LogP contribution in [-0.4, -0.2) is 32.8 Å². The maximum Gasteiger partial charge on any atom is 0.267 e. The normalized spacial score (nSPS) is 11.2. The molecule has 3 rings (SSSR count). The summed E-state index contributed by atoms with van der Waals surface area (Å²) < 4.78 is 88.8. The van der Waals surface area contributed by atoms with Crippen molar-refractivity contribution >= 4 is 27.1 Å². The average molecular weight is 483 g/mol. The lowest BCUT2D eigenvalue weighted by Gasteiger charge is -2.22. The molecule has 1 heterocycles. The molecule has 0 aliphatic carbocycles. The number of sulfonamides is 1. The molecule has 0 unspecified atom stereocenters. The number of hydrogen-bond donors (Lipinski definition) is 3. The molecular formula is C20H17F4N5O3S. The molecule has 0 saturated heterocycles. The standard InChI is InChI=1S/C20H17F4N5O3S/c1-32-12-7-11(8-27-9-12)16(25)10-29(26)19-13(21)5-6-17(18(19)24)28-33(30,31)20-14(22)3-2-4-15(20)23/h2-9,25,28H,10,26H2,1H3. The molecule has 0 fully saturated rings. The number of benzene rings is 2. The van der Waals surface area contributed by atoms with Gasteiger partial charge < -0.3 is 10.1 Å². The third-order valence-corrected chi connectivity index (χ3v) is 5.83. The molecule has 0 spiro atoms. The second kappa shape index (κ2) is 9.42. The van der Waals surface area contributed by atoms with Crippen LogP contribution in [0, 0.1) is 28.7 Å². The highest BCUT2D eigenvalue weighted by atomic mass is 32.2. The van der Waals surface area contributed by atoms with E-state index in [4.69, 9.17) is 16.0 Å². The van der Waals surface area contributed by atoms with Gasteiger partial charge in [0.25, 0.3) is 10.0 Å². The Balaban J connectivity index is 1.91. The van der Waals surface area contributed by atoms with Crippen molar-refractivity contribution in [3.05, 3.63) is 77.6 Å². The first-order chi connectivity index (χ1) is 15.5. The summed E-state index contributed by atoms with van der Waals surface area (Å²) in [6.07, 6.45) is 2.71. The number of halogens is 4. The molecule has 33 heavy (non-hydrogen) atoms. The van der Waals surface area contributed by atoms with E-state index in [0.717, 1.165) is 12.1 Å². The molecule has 0 atom stereocenters. The van der Waals surface area contributed by atoms with E-state index in [2.05, 4.69) is 4.98 Å². The van der Waals surface area contributed by atoms with E-state index in [1.54, 1.807) is 4.72 Å². The fraction of sp³-hybridized carbons (Fsp3) is 0.100. The van der Waals surface area contributed by atoms with E-state index < -0.39 is 56.1 Å². The minimum Gasteiger partial charge on any atom is -0.495 e. The van der Waals surface area contributed by atoms with Crippen LogP contribution in [0.1, 0.15) is 5.56 Å². The SMILES string of the molecule is COc1cncc(C(=N)CN(N)c2c(F)ccc(NS(=O)(=O)c3c(F)cccc3F)c2F)c1. The molecule has 13 heteroatoms. The topological polar surface area (TPSA) is 121 Å². The van der Waals surface area contributed by atoms with Crippen LogP contribution in [0.5, 0.6) is 5.75 Å². The Kier molecular flexibility index (Phi) is 6.84. The lowest BCUT2D eigenvalue weighted by Crippen LogP contribution is -2.37. The summed E-state index contributed by atoms with van der Waals surface area (Å²) in [6.45, 7) is -0.499. The van der Waals surface area contributed by atoms with Gasteiger partial charge in [-0.3, -0.25) is 14.7 Å². The first kappa shape index (κ1) is 23.9. The Bertz CT molecular complexity index is 1300. The minimum absolute atomic E-state index is 0.179. The van der Waals surface area contributed by atoms with E-state index in [0.29, 0.717) is 29.0 Å². The maximum absolute atomic E-state index is 15.0. The van der Waals surface area contributed by atoms with Gasteiger partial charge in [-0.05, 0) is 30.3 Å². The van der Waals surface area contributed by atoms with Crippen LogP contribution < -0.4 is 20.3 Å². The molecule has 0 amide bonds. The number of nitrogens with one attached hydrogen (secondary N) is 2. The maximum atomic E-state index is 15.0. The van der Waals surface area contributed by atoms with E-state index in [1.165, 1.54) is 25.6 Å². The van der Waals surface area contributed by atoms with Crippen molar-refractivity contribution in [3.8, 4) is 5.75 Å². The number of anilines is 2. The zero-order valence-electron chi connectivity index (χ0n) is 16.9. The second-order valence-corrected chi connectivity index (χ2v) is 8.25. The van der Waals surface area contributed by atoms with Gasteiger partial charge in [0.2, 0.25) is 0 Å². The Morgan fingerprint density at radius 1 is 1.12 bits per heavy atom. The van der Waals surface area contributed by atoms with Crippen LogP contribution in [0.3, 0.4) is 0 Å². The summed E-state index contributed by atoms with van der Waals surface area (Å²) in [5.41, 5.74) is -1.59. The zero-order valence-corrected chi connectivity index (χ0v) is 17.8. The Hall–Kier alpha value is -3.71. The van der Waals surface area contributed by atoms with Crippen LogP contribution >= 0.6 is 0 Å². The highest BCUT2D eigenvalue weighted by molar-refractivity contribution is 7.92. The van der Waals surface area contributed by atoms with Gasteiger partial charge in [0.05, 0.1) is 31.3 Å². The van der Waals surface area contributed by atoms with Crippen molar-refractivity contribution < 1.29 is 30.7 Å². The molecule has 2 aromatic carbocycles. The summed E-state index contributed by atoms with van der Waals surface area (Å²) in [4.78, 5) is 2.55. The quantitative estimate of drug-likeness (QED) is 0.196. The lowest BCUT2D eigenvalue weighted by atomic mass is 10.1. The Labute approximate surface area is 186 Å². The first-order valence-electron chi connectivity index (χ1n) is 9.09. The van der Waals surface area contributed by atoms with Gasteiger partial charge in [-0.1, -0.05) is 6.07 Å². The second-order valence-electron chi connectivity index (χ2n) is 6.63. The molecule has 0 saturated carbocycles. The van der Waals surface area contributed by atoms with Crippen molar-refractivity contribution in [1.29, 1.82) is 5.41 Å². The fourth-order valence-electron chi connectivity index (χ4n) is 2.85. The minimum atomic E-state index is -4.91. The summed E-state index contributed by atoms with van der Waals surface area (Å²) in [7, 11) is -3.52. The van der Waals surface area contributed by atoms with E-state index in [9.17, 15) is 21.6 Å². The van der Waals surface area contributed by atoms with Gasteiger partial charge in [0.15, 0.2) is 16.5 Å². The molecule has 3 aromatic rings. The van der Waals surface area contributed by atoms with Crippen LogP contribution in [-0.2, 0) is 10.0 Å². The number of aromatic nitrogens is 1. The summed E-state index contributed by atoms with van der Waals surface area (Å²) >= 11 is 0. The first-order valence-corrected chi connectivity index (χ1v) is 10.6.